The van der Waals surface area contributed by atoms with Crippen LogP contribution in [0.25, 0.3) is 0 Å². The highest BCUT2D eigenvalue weighted by Gasteiger charge is 2.23. The van der Waals surface area contributed by atoms with Crippen molar-refractivity contribution >= 4 is 40.8 Å². The fourth-order valence-corrected chi connectivity index (χ4v) is 1.06. The molecule has 0 amide bonds. The summed E-state index contributed by atoms with van der Waals surface area (Å²) in [6, 6.07) is 0. The molecule has 0 aromatic carbocycles. The molecule has 5 heteroatoms. The van der Waals surface area contributed by atoms with Crippen LogP contribution in [0.1, 0.15) is 19.8 Å². The largest absolute Gasteiger partial charge is 0.462 e. The molecule has 1 unspecified atom stereocenters. The van der Waals surface area contributed by atoms with Crippen molar-refractivity contribution in [2.24, 2.45) is 0 Å². The van der Waals surface area contributed by atoms with Crippen LogP contribution in [0.2, 0.25) is 0 Å². The van der Waals surface area contributed by atoms with E-state index in [1.165, 1.54) is 0 Å². The van der Waals surface area contributed by atoms with Crippen LogP contribution in [-0.4, -0.2) is 22.8 Å². The number of halogens is 3. The molecule has 0 fully saturated rings. The molecular weight excluding hydrogens is 246 g/mol. The maximum Gasteiger partial charge on any atom is 0.335 e. The lowest BCUT2D eigenvalue weighted by atomic mass is 10.2. The Kier molecular flexibility index (Phi) is 7.42. The molecule has 0 N–H and O–H groups in total. The summed E-state index contributed by atoms with van der Waals surface area (Å²) in [6.45, 7) is 5.85. The van der Waals surface area contributed by atoms with Crippen LogP contribution in [0, 0.1) is 0 Å². The number of rotatable bonds is 6. The van der Waals surface area contributed by atoms with Gasteiger partial charge in [-0.1, -0.05) is 19.9 Å². The average Bonchev–Trinajstić information content (AvgIpc) is 2.15. The summed E-state index contributed by atoms with van der Waals surface area (Å²) in [4.78, 5) is 10.4. The third kappa shape index (κ3) is 5.08. The predicted octanol–water partition coefficient (Wildman–Crippen LogP) is 3.30. The summed E-state index contributed by atoms with van der Waals surface area (Å²) in [6.07, 6.45) is 1.77. The Hall–Kier alpha value is 0.0800. The molecule has 14 heavy (non-hydrogen) atoms. The maximum absolute atomic E-state index is 11.2. The first-order valence-corrected chi connectivity index (χ1v) is 5.59. The van der Waals surface area contributed by atoms with Crippen molar-refractivity contribution in [1.29, 1.82) is 0 Å². The third-order valence-electron chi connectivity index (χ3n) is 1.55. The Morgan fingerprint density at radius 3 is 2.43 bits per heavy atom. The molecule has 0 saturated carbocycles. The van der Waals surface area contributed by atoms with Crippen molar-refractivity contribution in [1.82, 2.24) is 0 Å². The van der Waals surface area contributed by atoms with Crippen LogP contribution in [0.15, 0.2) is 12.2 Å². The van der Waals surface area contributed by atoms with Crippen molar-refractivity contribution < 1.29 is 9.53 Å². The van der Waals surface area contributed by atoms with Crippen LogP contribution < -0.4 is 0 Å². The van der Waals surface area contributed by atoms with E-state index in [1.54, 1.807) is 0 Å². The predicted molar refractivity (Wildman–Crippen MR) is 60.1 cm³/mol. The van der Waals surface area contributed by atoms with Gasteiger partial charge in [0, 0.05) is 0 Å². The molecule has 0 bridgehead atoms. The van der Waals surface area contributed by atoms with Crippen molar-refractivity contribution in [3.63, 3.8) is 0 Å². The van der Waals surface area contributed by atoms with Gasteiger partial charge in [0.05, 0.1) is 17.6 Å². The van der Waals surface area contributed by atoms with Gasteiger partial charge >= 0.3 is 5.97 Å². The number of unbranched alkanes of at least 4 members (excludes halogenated alkanes) is 1. The highest BCUT2D eigenvalue weighted by molar-refractivity contribution is 6.49. The average molecular weight is 260 g/mol. The molecule has 1 atom stereocenters. The summed E-state index contributed by atoms with van der Waals surface area (Å²) < 4.78 is 4.88. The second-order valence-corrected chi connectivity index (χ2v) is 4.38. The van der Waals surface area contributed by atoms with E-state index in [1.807, 2.05) is 6.92 Å². The Bertz CT molecular complexity index is 204. The fraction of sp³-hybridized carbons (Fsp3) is 0.667. The van der Waals surface area contributed by atoms with Gasteiger partial charge in [0.25, 0.3) is 0 Å². The topological polar surface area (TPSA) is 26.3 Å². The summed E-state index contributed by atoms with van der Waals surface area (Å²) in [5.74, 6) is -0.537. The van der Waals surface area contributed by atoms with Crippen LogP contribution in [0.4, 0.5) is 0 Å². The summed E-state index contributed by atoms with van der Waals surface area (Å²) in [5, 5.41) is -0.799. The molecule has 2 nitrogen and oxygen atoms in total. The highest BCUT2D eigenvalue weighted by atomic mass is 35.5. The Labute approximate surface area is 99.2 Å². The molecule has 0 aliphatic heterocycles. The number of hydrogen-bond acceptors (Lipinski definition) is 2. The maximum atomic E-state index is 11.2. The molecule has 82 valence electrons. The quantitative estimate of drug-likeness (QED) is 0.317. The lowest BCUT2D eigenvalue weighted by molar-refractivity contribution is -0.139. The number of carbonyl (C=O) groups is 1. The summed E-state index contributed by atoms with van der Waals surface area (Å²) in [5.41, 5.74) is 0.0952. The molecule has 0 heterocycles. The van der Waals surface area contributed by atoms with E-state index in [0.717, 1.165) is 12.8 Å². The zero-order chi connectivity index (χ0) is 11.1. The molecule has 0 aromatic heterocycles. The minimum absolute atomic E-state index is 0.0952. The van der Waals surface area contributed by atoms with Gasteiger partial charge in [0.2, 0.25) is 0 Å². The lowest BCUT2D eigenvalue weighted by Gasteiger charge is -2.12. The van der Waals surface area contributed by atoms with Crippen LogP contribution >= 0.6 is 34.8 Å². The SMILES string of the molecule is C=C(C(=O)OCCCC)C(Cl)C(Cl)Cl. The Balaban J connectivity index is 3.93. The lowest BCUT2D eigenvalue weighted by Crippen LogP contribution is -2.20. The van der Waals surface area contributed by atoms with Crippen LogP contribution in [0.3, 0.4) is 0 Å². The van der Waals surface area contributed by atoms with Gasteiger partial charge < -0.3 is 4.74 Å². The number of alkyl halides is 3. The fourth-order valence-electron chi connectivity index (χ4n) is 0.667. The first-order valence-electron chi connectivity index (χ1n) is 4.28. The van der Waals surface area contributed by atoms with E-state index < -0.39 is 16.2 Å². The minimum Gasteiger partial charge on any atom is -0.462 e. The molecule has 0 radical (unpaired) electrons. The molecule has 0 spiro atoms. The number of ether oxygens (including phenoxy) is 1. The van der Waals surface area contributed by atoms with Gasteiger partial charge in [-0.2, -0.15) is 0 Å². The first-order chi connectivity index (χ1) is 6.50. The zero-order valence-corrected chi connectivity index (χ0v) is 10.2. The summed E-state index contributed by atoms with van der Waals surface area (Å²) >= 11 is 16.7. The Morgan fingerprint density at radius 1 is 1.43 bits per heavy atom. The molecule has 0 saturated heterocycles. The molecular formula is C9H13Cl3O2. The van der Waals surface area contributed by atoms with E-state index in [-0.39, 0.29) is 5.57 Å². The summed E-state index contributed by atoms with van der Waals surface area (Å²) in [7, 11) is 0. The second-order valence-electron chi connectivity index (χ2n) is 2.75. The molecule has 0 rings (SSSR count). The molecule has 0 aliphatic rings. The number of hydrogen-bond donors (Lipinski definition) is 0. The van der Waals surface area contributed by atoms with Gasteiger partial charge in [-0.15, -0.1) is 34.8 Å². The van der Waals surface area contributed by atoms with Crippen LogP contribution in [-0.2, 0) is 9.53 Å². The van der Waals surface area contributed by atoms with Gasteiger partial charge in [-0.25, -0.2) is 4.79 Å². The first kappa shape index (κ1) is 14.1. The van der Waals surface area contributed by atoms with E-state index >= 15 is 0 Å². The standard InChI is InChI=1S/C9H13Cl3O2/c1-3-4-5-14-9(13)6(2)7(10)8(11)12/h7-8H,2-5H2,1H3. The second kappa shape index (κ2) is 7.38. The smallest absolute Gasteiger partial charge is 0.335 e. The molecule has 0 aliphatic carbocycles. The van der Waals surface area contributed by atoms with Gasteiger partial charge in [0.1, 0.15) is 4.84 Å². The van der Waals surface area contributed by atoms with Crippen molar-refractivity contribution in [2.75, 3.05) is 6.61 Å². The highest BCUT2D eigenvalue weighted by Crippen LogP contribution is 2.21. The normalized spacial score (nSPS) is 12.6. The zero-order valence-electron chi connectivity index (χ0n) is 7.93. The monoisotopic (exact) mass is 258 g/mol. The van der Waals surface area contributed by atoms with E-state index in [9.17, 15) is 4.79 Å². The van der Waals surface area contributed by atoms with E-state index in [2.05, 4.69) is 6.58 Å². The van der Waals surface area contributed by atoms with E-state index in [0.29, 0.717) is 6.61 Å². The van der Waals surface area contributed by atoms with Gasteiger partial charge in [0.15, 0.2) is 0 Å². The van der Waals surface area contributed by atoms with Crippen LogP contribution in [0.5, 0.6) is 0 Å². The van der Waals surface area contributed by atoms with E-state index in [4.69, 9.17) is 39.5 Å². The van der Waals surface area contributed by atoms with Gasteiger partial charge in [-0.05, 0) is 6.42 Å². The van der Waals surface area contributed by atoms with Crippen molar-refractivity contribution in [2.45, 2.75) is 30.0 Å². The van der Waals surface area contributed by atoms with Crippen molar-refractivity contribution in [3.05, 3.63) is 12.2 Å². The number of carbonyl (C=O) groups excluding carboxylic acids is 1. The minimum atomic E-state index is -0.858. The Morgan fingerprint density at radius 2 is 2.00 bits per heavy atom. The van der Waals surface area contributed by atoms with Crippen molar-refractivity contribution in [3.8, 4) is 0 Å². The third-order valence-corrected chi connectivity index (χ3v) is 2.82. The van der Waals surface area contributed by atoms with Gasteiger partial charge in [-0.3, -0.25) is 0 Å². The number of esters is 1. The molecule has 0 aromatic rings.